The number of benzene rings is 3. The van der Waals surface area contributed by atoms with Gasteiger partial charge in [0, 0.05) is 5.39 Å². The second-order valence-electron chi connectivity index (χ2n) is 8.09. The summed E-state index contributed by atoms with van der Waals surface area (Å²) < 4.78 is 10.6. The van der Waals surface area contributed by atoms with Crippen LogP contribution in [0.25, 0.3) is 10.8 Å². The first-order valence-electron chi connectivity index (χ1n) is 10.4. The normalized spacial score (nSPS) is 11.3. The summed E-state index contributed by atoms with van der Waals surface area (Å²) in [7, 11) is 0. The van der Waals surface area contributed by atoms with Crippen molar-refractivity contribution in [2.24, 2.45) is 5.92 Å². The molecule has 0 spiro atoms. The van der Waals surface area contributed by atoms with Gasteiger partial charge in [0.1, 0.15) is 31.2 Å². The van der Waals surface area contributed by atoms with Crippen LogP contribution < -0.4 is 9.30 Å². The Balaban J connectivity index is 1.53. The van der Waals surface area contributed by atoms with Gasteiger partial charge in [0.05, 0.1) is 6.61 Å². The van der Waals surface area contributed by atoms with Gasteiger partial charge in [0.25, 0.3) is 0 Å². The van der Waals surface area contributed by atoms with Crippen LogP contribution in [-0.4, -0.2) is 11.2 Å². The minimum Gasteiger partial charge on any atom is -0.493 e. The smallest absolute Gasteiger partial charge is 0.244 e. The summed E-state index contributed by atoms with van der Waals surface area (Å²) in [6, 6.07) is 23.5. The fraction of sp³-hybridized carbons (Fsp3) is 0.269. The molecule has 0 radical (unpaired) electrons. The third-order valence-corrected chi connectivity index (χ3v) is 5.16. The number of nitrogens with zero attached hydrogens (tertiary/aromatic N) is 2. The maximum atomic E-state index is 6.18. The zero-order chi connectivity index (χ0) is 20.1. The molecule has 3 heteroatoms. The Morgan fingerprint density at radius 1 is 0.931 bits per heavy atom. The molecular formula is C26H29N2O+. The van der Waals surface area contributed by atoms with E-state index in [9.17, 15) is 0 Å². The number of fused-ring (bicyclic) bond motifs is 1. The molecule has 3 aromatic carbocycles. The molecule has 3 nitrogen and oxygen atoms in total. The van der Waals surface area contributed by atoms with Gasteiger partial charge in [-0.1, -0.05) is 68.4 Å². The van der Waals surface area contributed by atoms with Crippen LogP contribution in [0.2, 0.25) is 0 Å². The maximum absolute atomic E-state index is 6.18. The largest absolute Gasteiger partial charge is 0.493 e. The van der Waals surface area contributed by atoms with Crippen molar-refractivity contribution in [3.05, 3.63) is 96.6 Å². The van der Waals surface area contributed by atoms with E-state index in [0.717, 1.165) is 31.9 Å². The molecule has 29 heavy (non-hydrogen) atoms. The highest BCUT2D eigenvalue weighted by molar-refractivity contribution is 5.89. The molecule has 0 amide bonds. The van der Waals surface area contributed by atoms with E-state index in [4.69, 9.17) is 4.74 Å². The summed E-state index contributed by atoms with van der Waals surface area (Å²) in [5.74, 6) is 1.63. The summed E-state index contributed by atoms with van der Waals surface area (Å²) >= 11 is 0. The Labute approximate surface area is 173 Å². The van der Waals surface area contributed by atoms with Crippen LogP contribution in [0.4, 0.5) is 0 Å². The van der Waals surface area contributed by atoms with Crippen LogP contribution in [0.15, 0.2) is 85.5 Å². The monoisotopic (exact) mass is 385 g/mol. The third-order valence-electron chi connectivity index (χ3n) is 5.16. The molecule has 0 fully saturated rings. The van der Waals surface area contributed by atoms with Crippen molar-refractivity contribution >= 4 is 10.8 Å². The summed E-state index contributed by atoms with van der Waals surface area (Å²) in [6.07, 6.45) is 7.50. The molecule has 148 valence electrons. The molecule has 0 aliphatic rings. The third kappa shape index (κ3) is 5.05. The van der Waals surface area contributed by atoms with Crippen molar-refractivity contribution in [1.82, 2.24) is 4.57 Å². The van der Waals surface area contributed by atoms with Crippen LogP contribution >= 0.6 is 0 Å². The van der Waals surface area contributed by atoms with Crippen LogP contribution in [0.3, 0.4) is 0 Å². The molecule has 0 atom stereocenters. The second kappa shape index (κ2) is 8.95. The molecule has 0 aliphatic heterocycles. The fourth-order valence-corrected chi connectivity index (χ4v) is 3.58. The average molecular weight is 386 g/mol. The first-order valence-corrected chi connectivity index (χ1v) is 10.4. The van der Waals surface area contributed by atoms with E-state index in [1.807, 2.05) is 0 Å². The van der Waals surface area contributed by atoms with E-state index in [0.29, 0.717) is 5.92 Å². The molecule has 0 saturated heterocycles. The van der Waals surface area contributed by atoms with Crippen molar-refractivity contribution in [3.63, 3.8) is 0 Å². The summed E-state index contributed by atoms with van der Waals surface area (Å²) in [6.45, 7) is 6.93. The summed E-state index contributed by atoms with van der Waals surface area (Å²) in [4.78, 5) is 0. The number of hydrogen-bond acceptors (Lipinski definition) is 1. The van der Waals surface area contributed by atoms with Gasteiger partial charge in [0.15, 0.2) is 0 Å². The van der Waals surface area contributed by atoms with E-state index in [1.54, 1.807) is 0 Å². The number of aromatic nitrogens is 2. The van der Waals surface area contributed by atoms with Gasteiger partial charge in [-0.05, 0) is 41.0 Å². The second-order valence-corrected chi connectivity index (χ2v) is 8.09. The quantitative estimate of drug-likeness (QED) is 0.369. The summed E-state index contributed by atoms with van der Waals surface area (Å²) in [5, 5.41) is 2.42. The van der Waals surface area contributed by atoms with Crippen molar-refractivity contribution < 1.29 is 9.30 Å². The Morgan fingerprint density at radius 2 is 1.72 bits per heavy atom. The zero-order valence-corrected chi connectivity index (χ0v) is 17.3. The van der Waals surface area contributed by atoms with E-state index in [-0.39, 0.29) is 0 Å². The molecule has 4 aromatic rings. The van der Waals surface area contributed by atoms with Gasteiger partial charge in [-0.2, -0.15) is 0 Å². The highest BCUT2D eigenvalue weighted by atomic mass is 16.5. The molecule has 1 aromatic heterocycles. The van der Waals surface area contributed by atoms with Gasteiger partial charge < -0.3 is 4.74 Å². The van der Waals surface area contributed by atoms with E-state index in [1.165, 1.54) is 21.9 Å². The zero-order valence-electron chi connectivity index (χ0n) is 17.3. The lowest BCUT2D eigenvalue weighted by Crippen LogP contribution is -2.31. The maximum Gasteiger partial charge on any atom is 0.244 e. The Kier molecular flexibility index (Phi) is 5.95. The summed E-state index contributed by atoms with van der Waals surface area (Å²) in [5.41, 5.74) is 2.56. The topological polar surface area (TPSA) is 18.0 Å². The average Bonchev–Trinajstić information content (AvgIpc) is 3.15. The first-order chi connectivity index (χ1) is 14.2. The van der Waals surface area contributed by atoms with Crippen LogP contribution in [0.5, 0.6) is 5.75 Å². The molecule has 0 aliphatic carbocycles. The van der Waals surface area contributed by atoms with Crippen molar-refractivity contribution in [1.29, 1.82) is 0 Å². The predicted octanol–water partition coefficient (Wildman–Crippen LogP) is 5.45. The van der Waals surface area contributed by atoms with Gasteiger partial charge in [0.2, 0.25) is 6.33 Å². The SMILES string of the molecule is CC(C)CCOc1cc(C[n+]2ccn(Cc3ccccc3)c2)cc2ccccc12. The minimum atomic E-state index is 0.643. The molecule has 0 bridgehead atoms. The van der Waals surface area contributed by atoms with E-state index < -0.39 is 0 Å². The minimum absolute atomic E-state index is 0.643. The van der Waals surface area contributed by atoms with Crippen LogP contribution in [-0.2, 0) is 13.1 Å². The molecule has 1 heterocycles. The molecule has 0 unspecified atom stereocenters. The Hall–Kier alpha value is -3.07. The Bertz CT molecular complexity index is 1070. The highest BCUT2D eigenvalue weighted by Gasteiger charge is 2.10. The van der Waals surface area contributed by atoms with Gasteiger partial charge in [-0.15, -0.1) is 0 Å². The lowest BCUT2D eigenvalue weighted by Gasteiger charge is -2.12. The first kappa shape index (κ1) is 19.3. The standard InChI is InChI=1S/C26H29N2O/c1-21(2)12-15-29-26-17-23(16-24-10-6-7-11-25(24)26)19-28-14-13-27(20-28)18-22-8-4-3-5-9-22/h3-11,13-14,16-17,20-21H,12,15,18-19H2,1-2H3/q+1. The number of rotatable bonds is 8. The predicted molar refractivity (Wildman–Crippen MR) is 118 cm³/mol. The molecule has 4 rings (SSSR count). The van der Waals surface area contributed by atoms with Gasteiger partial charge in [-0.25, -0.2) is 9.13 Å². The van der Waals surface area contributed by atoms with Crippen LogP contribution in [0.1, 0.15) is 31.4 Å². The lowest BCUT2D eigenvalue weighted by atomic mass is 10.1. The highest BCUT2D eigenvalue weighted by Crippen LogP contribution is 2.28. The molecule has 0 saturated carbocycles. The van der Waals surface area contributed by atoms with E-state index in [2.05, 4.69) is 108 Å². The van der Waals surface area contributed by atoms with Crippen molar-refractivity contribution in [2.75, 3.05) is 6.61 Å². The number of hydrogen-bond donors (Lipinski definition) is 0. The molecule has 0 N–H and O–H groups in total. The fourth-order valence-electron chi connectivity index (χ4n) is 3.58. The Morgan fingerprint density at radius 3 is 2.55 bits per heavy atom. The molecular weight excluding hydrogens is 356 g/mol. The van der Waals surface area contributed by atoms with Gasteiger partial charge >= 0.3 is 0 Å². The lowest BCUT2D eigenvalue weighted by molar-refractivity contribution is -0.687. The van der Waals surface area contributed by atoms with Crippen LogP contribution in [0, 0.1) is 5.92 Å². The van der Waals surface area contributed by atoms with Crippen molar-refractivity contribution in [3.8, 4) is 5.75 Å². The number of imidazole rings is 1. The van der Waals surface area contributed by atoms with Gasteiger partial charge in [-0.3, -0.25) is 0 Å². The van der Waals surface area contributed by atoms with Crippen molar-refractivity contribution in [2.45, 2.75) is 33.4 Å². The van der Waals surface area contributed by atoms with E-state index >= 15 is 0 Å². The number of ether oxygens (including phenoxy) is 1.